The Morgan fingerprint density at radius 2 is 1.36 bits per heavy atom. The molecular weight excluding hydrogens is 319 g/mol. The van der Waals surface area contributed by atoms with E-state index in [-0.39, 0.29) is 11.9 Å². The minimum Gasteiger partial charge on any atom is -0.330 e. The second-order valence-electron chi connectivity index (χ2n) is 6.29. The van der Waals surface area contributed by atoms with E-state index in [2.05, 4.69) is 6.92 Å². The molecule has 0 aliphatic heterocycles. The van der Waals surface area contributed by atoms with Crippen LogP contribution in [0.3, 0.4) is 0 Å². The molecule has 0 aromatic heterocycles. The van der Waals surface area contributed by atoms with Crippen LogP contribution in [-0.2, 0) is 14.2 Å². The maximum absolute atomic E-state index is 13.2. The molecule has 0 aliphatic carbocycles. The van der Waals surface area contributed by atoms with Gasteiger partial charge in [0.1, 0.15) is 5.82 Å². The Morgan fingerprint density at radius 1 is 0.800 bits per heavy atom. The topological polar surface area (TPSA) is 27.7 Å². The first-order valence-electron chi connectivity index (χ1n) is 9.85. The van der Waals surface area contributed by atoms with E-state index in [0.29, 0.717) is 13.2 Å². The summed E-state index contributed by atoms with van der Waals surface area (Å²) < 4.78 is 30.3. The van der Waals surface area contributed by atoms with Crippen molar-refractivity contribution < 1.29 is 18.6 Å². The first kappa shape index (κ1) is 22.1. The number of halogens is 1. The molecule has 1 unspecified atom stereocenters. The summed E-state index contributed by atoms with van der Waals surface area (Å²) in [7, 11) is 0. The molecule has 0 saturated heterocycles. The van der Waals surface area contributed by atoms with Crippen LogP contribution in [0.15, 0.2) is 24.3 Å². The van der Waals surface area contributed by atoms with Crippen molar-refractivity contribution in [3.63, 3.8) is 0 Å². The van der Waals surface area contributed by atoms with Crippen LogP contribution >= 0.6 is 0 Å². The van der Waals surface area contributed by atoms with Gasteiger partial charge in [-0.2, -0.15) is 0 Å². The Labute approximate surface area is 152 Å². The summed E-state index contributed by atoms with van der Waals surface area (Å²) in [5.74, 6) is -0.232. The van der Waals surface area contributed by atoms with Gasteiger partial charge in [-0.05, 0) is 38.0 Å². The molecule has 0 aliphatic rings. The molecule has 0 N–H and O–H groups in total. The van der Waals surface area contributed by atoms with Gasteiger partial charge in [0.25, 0.3) is 6.48 Å². The number of benzene rings is 1. The first-order valence-corrected chi connectivity index (χ1v) is 9.85. The molecule has 0 amide bonds. The highest BCUT2D eigenvalue weighted by Gasteiger charge is 2.19. The molecule has 3 nitrogen and oxygen atoms in total. The Kier molecular flexibility index (Phi) is 12.6. The van der Waals surface area contributed by atoms with Gasteiger partial charge in [-0.15, -0.1) is 0 Å². The molecular formula is C21H35FO3. The third kappa shape index (κ3) is 9.93. The lowest BCUT2D eigenvalue weighted by Gasteiger charge is -2.24. The Hall–Kier alpha value is -0.970. The van der Waals surface area contributed by atoms with Gasteiger partial charge in [0.2, 0.25) is 0 Å². The maximum Gasteiger partial charge on any atom is 0.272 e. The number of hydrogen-bond acceptors (Lipinski definition) is 3. The Morgan fingerprint density at radius 3 is 1.92 bits per heavy atom. The quantitative estimate of drug-likeness (QED) is 0.270. The van der Waals surface area contributed by atoms with Crippen LogP contribution in [0.5, 0.6) is 0 Å². The largest absolute Gasteiger partial charge is 0.330 e. The van der Waals surface area contributed by atoms with Gasteiger partial charge in [0.05, 0.1) is 6.10 Å². The summed E-state index contributed by atoms with van der Waals surface area (Å²) in [5, 5.41) is 0. The molecule has 0 saturated carbocycles. The van der Waals surface area contributed by atoms with E-state index in [9.17, 15) is 4.39 Å². The predicted octanol–water partition coefficient (Wildman–Crippen LogP) is 6.38. The van der Waals surface area contributed by atoms with E-state index < -0.39 is 6.48 Å². The summed E-state index contributed by atoms with van der Waals surface area (Å²) in [6, 6.07) is 6.53. The lowest BCUT2D eigenvalue weighted by Crippen LogP contribution is -2.24. The van der Waals surface area contributed by atoms with Gasteiger partial charge >= 0.3 is 0 Å². The molecule has 0 fully saturated rings. The van der Waals surface area contributed by atoms with Crippen molar-refractivity contribution in [2.75, 3.05) is 13.2 Å². The van der Waals surface area contributed by atoms with Gasteiger partial charge < -0.3 is 14.2 Å². The van der Waals surface area contributed by atoms with E-state index >= 15 is 0 Å². The number of unbranched alkanes of at least 4 members (excludes halogenated alkanes) is 6. The summed E-state index contributed by atoms with van der Waals surface area (Å²) in [5.41, 5.74) is 0.969. The number of ether oxygens (including phenoxy) is 3. The molecule has 0 heterocycles. The molecule has 0 radical (unpaired) electrons. The monoisotopic (exact) mass is 354 g/mol. The van der Waals surface area contributed by atoms with Crippen LogP contribution in [0.1, 0.15) is 83.8 Å². The van der Waals surface area contributed by atoms with E-state index in [1.54, 1.807) is 12.1 Å². The Bertz CT molecular complexity index is 416. The number of rotatable bonds is 15. The molecule has 0 bridgehead atoms. The van der Waals surface area contributed by atoms with Gasteiger partial charge in [-0.1, -0.05) is 64.0 Å². The minimum atomic E-state index is -0.672. The molecule has 1 aromatic rings. The highest BCUT2D eigenvalue weighted by Crippen LogP contribution is 2.27. The van der Waals surface area contributed by atoms with Crippen molar-refractivity contribution in [2.24, 2.45) is 0 Å². The highest BCUT2D eigenvalue weighted by atomic mass is 19.1. The van der Waals surface area contributed by atoms with Gasteiger partial charge in [0, 0.05) is 13.2 Å². The fourth-order valence-corrected chi connectivity index (χ4v) is 2.81. The zero-order valence-electron chi connectivity index (χ0n) is 16.1. The molecule has 1 rings (SSSR count). The normalized spacial score (nSPS) is 12.7. The number of hydrogen-bond donors (Lipinski definition) is 0. The van der Waals surface area contributed by atoms with E-state index in [0.717, 1.165) is 18.4 Å². The fraction of sp³-hybridized carbons (Fsp3) is 0.714. The predicted molar refractivity (Wildman–Crippen MR) is 99.9 cm³/mol. The third-order valence-corrected chi connectivity index (χ3v) is 4.19. The van der Waals surface area contributed by atoms with Crippen LogP contribution in [0, 0.1) is 5.82 Å². The zero-order valence-corrected chi connectivity index (χ0v) is 16.1. The van der Waals surface area contributed by atoms with Crippen molar-refractivity contribution in [1.29, 1.82) is 0 Å². The lowest BCUT2D eigenvalue weighted by molar-refractivity contribution is -0.304. The highest BCUT2D eigenvalue weighted by molar-refractivity contribution is 5.18. The van der Waals surface area contributed by atoms with Crippen molar-refractivity contribution in [3.8, 4) is 0 Å². The second kappa shape index (κ2) is 14.2. The van der Waals surface area contributed by atoms with Crippen LogP contribution < -0.4 is 0 Å². The van der Waals surface area contributed by atoms with Crippen LogP contribution in [0.4, 0.5) is 4.39 Å². The molecule has 1 aromatic carbocycles. The van der Waals surface area contributed by atoms with Crippen LogP contribution in [-0.4, -0.2) is 19.7 Å². The van der Waals surface area contributed by atoms with Gasteiger partial charge in [0.15, 0.2) is 0 Å². The molecule has 25 heavy (non-hydrogen) atoms. The van der Waals surface area contributed by atoms with Crippen LogP contribution in [0.2, 0.25) is 0 Å². The van der Waals surface area contributed by atoms with E-state index in [4.69, 9.17) is 14.2 Å². The summed E-state index contributed by atoms with van der Waals surface area (Å²) >= 11 is 0. The molecule has 144 valence electrons. The second-order valence-corrected chi connectivity index (χ2v) is 6.29. The summed E-state index contributed by atoms with van der Waals surface area (Å²) in [6.07, 6.45) is 9.51. The average molecular weight is 355 g/mol. The first-order chi connectivity index (χ1) is 12.2. The smallest absolute Gasteiger partial charge is 0.272 e. The third-order valence-electron chi connectivity index (χ3n) is 4.19. The zero-order chi connectivity index (χ0) is 18.3. The van der Waals surface area contributed by atoms with Gasteiger partial charge in [-0.3, -0.25) is 0 Å². The SMILES string of the molecule is CCCCCCCCCC(OC(OCC)OCC)c1ccc(F)cc1. The standard InChI is InChI=1S/C21H35FO3/c1-4-7-8-9-10-11-12-13-20(18-14-16-19(22)17-15-18)25-21(23-5-2)24-6-3/h14-17,20-21H,4-13H2,1-3H3. The molecule has 0 spiro atoms. The summed E-state index contributed by atoms with van der Waals surface area (Å²) in [6.45, 7) is 6.44. The minimum absolute atomic E-state index is 0.139. The van der Waals surface area contributed by atoms with Crippen molar-refractivity contribution in [1.82, 2.24) is 0 Å². The Balaban J connectivity index is 2.54. The molecule has 1 atom stereocenters. The maximum atomic E-state index is 13.2. The van der Waals surface area contributed by atoms with E-state index in [1.807, 2.05) is 13.8 Å². The average Bonchev–Trinajstić information content (AvgIpc) is 2.61. The van der Waals surface area contributed by atoms with Gasteiger partial charge in [-0.25, -0.2) is 4.39 Å². The fourth-order valence-electron chi connectivity index (χ4n) is 2.81. The van der Waals surface area contributed by atoms with E-state index in [1.165, 1.54) is 50.7 Å². The molecule has 4 heteroatoms. The summed E-state index contributed by atoms with van der Waals surface area (Å²) in [4.78, 5) is 0. The van der Waals surface area contributed by atoms with Crippen LogP contribution in [0.25, 0.3) is 0 Å². The lowest BCUT2D eigenvalue weighted by atomic mass is 10.0. The van der Waals surface area contributed by atoms with Crippen molar-refractivity contribution in [3.05, 3.63) is 35.6 Å². The van der Waals surface area contributed by atoms with Crippen molar-refractivity contribution in [2.45, 2.75) is 84.7 Å². The van der Waals surface area contributed by atoms with Crippen molar-refractivity contribution >= 4 is 0 Å².